The van der Waals surface area contributed by atoms with Gasteiger partial charge in [-0.2, -0.15) is 52.7 Å². The Kier molecular flexibility index (Phi) is 4.41. The summed E-state index contributed by atoms with van der Waals surface area (Å²) in [4.78, 5) is 0. The van der Waals surface area contributed by atoms with Gasteiger partial charge < -0.3 is 0 Å². The highest BCUT2D eigenvalue weighted by Crippen LogP contribution is 2.57. The molecule has 0 aliphatic rings. The Hall–Kier alpha value is -1.17. The number of alkyl halides is 11. The van der Waals surface area contributed by atoms with Crippen LogP contribution in [0.3, 0.4) is 0 Å². The third kappa shape index (κ3) is 2.66. The van der Waals surface area contributed by atoms with Crippen LogP contribution in [0.1, 0.15) is 0 Å². The fourth-order valence-corrected chi connectivity index (χ4v) is 0.907. The maximum absolute atomic E-state index is 12.9. The molecule has 120 valence electrons. The molecule has 0 heterocycles. The molecular formula is C7HF13. The van der Waals surface area contributed by atoms with Crippen LogP contribution in [0.15, 0.2) is 12.2 Å². The number of hydrogen-bond acceptors (Lipinski definition) is 0. The summed E-state index contributed by atoms with van der Waals surface area (Å²) < 4.78 is 157. The highest BCUT2D eigenvalue weighted by Gasteiger charge is 2.86. The molecule has 0 aliphatic carbocycles. The summed E-state index contributed by atoms with van der Waals surface area (Å²) in [5.41, 5.74) is -6.92. The molecule has 0 aromatic heterocycles. The number of halogens is 13. The summed E-state index contributed by atoms with van der Waals surface area (Å²) in [6.07, 6.45) is -20.7. The molecule has 0 aromatic rings. The van der Waals surface area contributed by atoms with Crippen LogP contribution >= 0.6 is 0 Å². The van der Waals surface area contributed by atoms with E-state index >= 15 is 0 Å². The first-order chi connectivity index (χ1) is 8.42. The van der Waals surface area contributed by atoms with Crippen molar-refractivity contribution in [3.8, 4) is 0 Å². The summed E-state index contributed by atoms with van der Waals surface area (Å²) >= 11 is 0. The lowest BCUT2D eigenvalue weighted by atomic mass is 9.91. The van der Waals surface area contributed by atoms with Gasteiger partial charge in [-0.15, -0.1) is 0 Å². The fourth-order valence-electron chi connectivity index (χ4n) is 0.907. The zero-order valence-electron chi connectivity index (χ0n) is 8.49. The van der Waals surface area contributed by atoms with Crippen LogP contribution in [0.4, 0.5) is 57.1 Å². The minimum Gasteiger partial charge on any atom is -0.222 e. The molecule has 0 bridgehead atoms. The molecule has 0 aromatic carbocycles. The van der Waals surface area contributed by atoms with Crippen LogP contribution in [0, 0.1) is 0 Å². The molecule has 0 aliphatic heterocycles. The minimum absolute atomic E-state index is 2.34. The van der Waals surface area contributed by atoms with E-state index in [1.54, 1.807) is 0 Å². The van der Waals surface area contributed by atoms with E-state index in [-0.39, 0.29) is 0 Å². The monoisotopic (exact) mass is 332 g/mol. The topological polar surface area (TPSA) is 0 Å². The zero-order valence-corrected chi connectivity index (χ0v) is 8.49. The Morgan fingerprint density at radius 2 is 0.900 bits per heavy atom. The summed E-state index contributed by atoms with van der Waals surface area (Å²) in [6.45, 7) is 0. The van der Waals surface area contributed by atoms with E-state index < -0.39 is 42.0 Å². The van der Waals surface area contributed by atoms with Gasteiger partial charge in [0.05, 0.1) is 0 Å². The first kappa shape index (κ1) is 18.8. The summed E-state index contributed by atoms with van der Waals surface area (Å²) in [5.74, 6) is -15.1. The third-order valence-electron chi connectivity index (χ3n) is 1.93. The maximum atomic E-state index is 12.9. The normalized spacial score (nSPS) is 17.6. The van der Waals surface area contributed by atoms with Crippen LogP contribution in [0.5, 0.6) is 0 Å². The first-order valence-electron chi connectivity index (χ1n) is 4.03. The van der Waals surface area contributed by atoms with E-state index in [1.165, 1.54) is 0 Å². The molecular weight excluding hydrogens is 331 g/mol. The Labute approximate surface area is 100 Å². The van der Waals surface area contributed by atoms with Gasteiger partial charge in [-0.25, -0.2) is 4.39 Å². The van der Waals surface area contributed by atoms with Gasteiger partial charge in [0.15, 0.2) is 0 Å². The van der Waals surface area contributed by atoms with E-state index in [0.29, 0.717) is 0 Å². The van der Waals surface area contributed by atoms with Gasteiger partial charge in [0, 0.05) is 6.08 Å². The lowest BCUT2D eigenvalue weighted by Crippen LogP contribution is -2.66. The molecule has 0 spiro atoms. The predicted molar refractivity (Wildman–Crippen MR) is 36.1 cm³/mol. The van der Waals surface area contributed by atoms with Crippen molar-refractivity contribution < 1.29 is 57.1 Å². The summed E-state index contributed by atoms with van der Waals surface area (Å²) in [7, 11) is 0. The van der Waals surface area contributed by atoms with Crippen molar-refractivity contribution in [1.29, 1.82) is 0 Å². The van der Waals surface area contributed by atoms with Crippen LogP contribution in [-0.4, -0.2) is 29.9 Å². The minimum atomic E-state index is -7.56. The fraction of sp³-hybridized carbons (Fsp3) is 0.714. The van der Waals surface area contributed by atoms with Crippen molar-refractivity contribution in [2.24, 2.45) is 0 Å². The van der Waals surface area contributed by atoms with Gasteiger partial charge in [0.1, 0.15) is 0 Å². The molecule has 0 radical (unpaired) electrons. The Balaban J connectivity index is 6.29. The number of hydrogen-bond donors (Lipinski definition) is 0. The van der Waals surface area contributed by atoms with Crippen molar-refractivity contribution in [1.82, 2.24) is 0 Å². The van der Waals surface area contributed by atoms with Crippen LogP contribution < -0.4 is 0 Å². The second kappa shape index (κ2) is 4.69. The molecule has 13 heteroatoms. The van der Waals surface area contributed by atoms with Gasteiger partial charge >= 0.3 is 24.2 Å². The van der Waals surface area contributed by atoms with Gasteiger partial charge in [-0.1, -0.05) is 0 Å². The van der Waals surface area contributed by atoms with Gasteiger partial charge in [-0.3, -0.25) is 0 Å². The average molecular weight is 332 g/mol. The lowest BCUT2D eigenvalue weighted by molar-refractivity contribution is -0.402. The van der Waals surface area contributed by atoms with Gasteiger partial charge in [0.2, 0.25) is 0 Å². The predicted octanol–water partition coefficient (Wildman–Crippen LogP) is 4.87. The summed E-state index contributed by atoms with van der Waals surface area (Å²) in [6, 6.07) is 0. The summed E-state index contributed by atoms with van der Waals surface area (Å²) in [5, 5.41) is 0. The molecule has 0 fully saturated rings. The zero-order chi connectivity index (χ0) is 16.8. The molecule has 1 unspecified atom stereocenters. The number of rotatable bonds is 3. The first-order valence-corrected chi connectivity index (χ1v) is 4.03. The molecule has 0 N–H and O–H groups in total. The van der Waals surface area contributed by atoms with Crippen molar-refractivity contribution in [3.63, 3.8) is 0 Å². The lowest BCUT2D eigenvalue weighted by Gasteiger charge is -2.37. The van der Waals surface area contributed by atoms with Crippen LogP contribution in [0.2, 0.25) is 0 Å². The van der Waals surface area contributed by atoms with Crippen molar-refractivity contribution in [2.45, 2.75) is 29.9 Å². The van der Waals surface area contributed by atoms with E-state index in [0.717, 1.165) is 0 Å². The SMILES string of the molecule is FC(F)=CC(F)(C(F)(F)F)C(F)(F)C(F)(F)C(F)(F)F. The molecule has 1 atom stereocenters. The molecule has 0 saturated heterocycles. The Morgan fingerprint density at radius 3 is 1.10 bits per heavy atom. The average Bonchev–Trinajstić information content (AvgIpc) is 2.11. The molecule has 0 amide bonds. The highest BCUT2D eigenvalue weighted by molar-refractivity contribution is 5.19. The largest absolute Gasteiger partial charge is 0.460 e. The van der Waals surface area contributed by atoms with Crippen LogP contribution in [-0.2, 0) is 0 Å². The second-order valence-electron chi connectivity index (χ2n) is 3.29. The molecule has 0 saturated carbocycles. The van der Waals surface area contributed by atoms with E-state index in [2.05, 4.69) is 0 Å². The van der Waals surface area contributed by atoms with Crippen molar-refractivity contribution in [3.05, 3.63) is 12.2 Å². The van der Waals surface area contributed by atoms with Gasteiger partial charge in [0.25, 0.3) is 11.7 Å². The van der Waals surface area contributed by atoms with Crippen LogP contribution in [0.25, 0.3) is 0 Å². The van der Waals surface area contributed by atoms with Gasteiger partial charge in [-0.05, 0) is 0 Å². The number of allylic oxidation sites excluding steroid dienone is 1. The Morgan fingerprint density at radius 1 is 0.550 bits per heavy atom. The Bertz CT molecular complexity index is 381. The molecule has 20 heavy (non-hydrogen) atoms. The highest BCUT2D eigenvalue weighted by atomic mass is 19.4. The van der Waals surface area contributed by atoms with E-state index in [9.17, 15) is 57.1 Å². The molecule has 0 rings (SSSR count). The molecule has 0 nitrogen and oxygen atoms in total. The smallest absolute Gasteiger partial charge is 0.222 e. The third-order valence-corrected chi connectivity index (χ3v) is 1.93. The quantitative estimate of drug-likeness (QED) is 0.647. The van der Waals surface area contributed by atoms with Crippen molar-refractivity contribution >= 4 is 0 Å². The van der Waals surface area contributed by atoms with E-state index in [4.69, 9.17) is 0 Å². The second-order valence-corrected chi connectivity index (χ2v) is 3.29. The van der Waals surface area contributed by atoms with E-state index in [1.807, 2.05) is 0 Å². The standard InChI is InChI=1S/C7HF13/c8-2(9)1-3(10,6(15,16)17)4(11,12)5(13,14)7(18,19)20/h1H. The van der Waals surface area contributed by atoms with Crippen molar-refractivity contribution in [2.75, 3.05) is 0 Å². The maximum Gasteiger partial charge on any atom is 0.460 e.